The number of ether oxygens (including phenoxy) is 2. The molecule has 0 spiro atoms. The first-order valence-corrected chi connectivity index (χ1v) is 11.8. The summed E-state index contributed by atoms with van der Waals surface area (Å²) in [6.45, 7) is 5.12. The lowest BCUT2D eigenvalue weighted by Crippen LogP contribution is -2.68. The number of nitrogens with zero attached hydrogens (tertiary/aromatic N) is 2. The predicted octanol–water partition coefficient (Wildman–Crippen LogP) is 3.85. The fourth-order valence-electron chi connectivity index (χ4n) is 5.17. The molecule has 2 atom stereocenters. The monoisotopic (exact) mass is 465 g/mol. The number of hydrogen-bond donors (Lipinski definition) is 1. The van der Waals surface area contributed by atoms with E-state index >= 15 is 0 Å². The largest absolute Gasteiger partial charge is 0.362 e. The van der Waals surface area contributed by atoms with Crippen LogP contribution in [0.15, 0.2) is 72.2 Å². The summed E-state index contributed by atoms with van der Waals surface area (Å²) in [6, 6.07) is 19.0. The zero-order valence-corrected chi connectivity index (χ0v) is 19.6. The van der Waals surface area contributed by atoms with Crippen molar-refractivity contribution in [3.8, 4) is 0 Å². The van der Waals surface area contributed by atoms with Gasteiger partial charge in [0.25, 0.3) is 5.70 Å². The number of Topliss-reactive ketones (excluding diaryl/α,β-unsaturated/α-hetero) is 1. The summed E-state index contributed by atoms with van der Waals surface area (Å²) in [7, 11) is 0. The van der Waals surface area contributed by atoms with Gasteiger partial charge in [-0.15, -0.1) is 0 Å². The second-order valence-electron chi connectivity index (χ2n) is 8.55. The highest BCUT2D eigenvalue weighted by molar-refractivity contribution is 5.81. The maximum absolute atomic E-state index is 12.8. The SMILES string of the molecule is CCOC1(OCC)C2CC(=O)CC1N(Cc1ccccc1)C(NCc1ccccc1)=C2[N+](=O)[O-]. The highest BCUT2D eigenvalue weighted by Crippen LogP contribution is 2.49. The standard InChI is InChI=1S/C26H31N3O5/c1-3-33-26(34-4-2)22-15-21(30)16-23(26)28(18-20-13-9-6-10-14-20)25(24(22)29(31)32)27-17-19-11-7-5-8-12-19/h5-14,22-23,27H,3-4,15-18H2,1-2H3. The number of nitrogens with one attached hydrogen (secondary N) is 1. The van der Waals surface area contributed by atoms with Crippen LogP contribution < -0.4 is 5.32 Å². The van der Waals surface area contributed by atoms with Crippen molar-refractivity contribution in [2.24, 2.45) is 5.92 Å². The molecule has 1 fully saturated rings. The van der Waals surface area contributed by atoms with Crippen molar-refractivity contribution in [3.63, 3.8) is 0 Å². The molecule has 8 nitrogen and oxygen atoms in total. The van der Waals surface area contributed by atoms with Gasteiger partial charge in [-0.1, -0.05) is 60.7 Å². The van der Waals surface area contributed by atoms with Crippen molar-refractivity contribution in [2.75, 3.05) is 13.2 Å². The molecule has 8 heteroatoms. The zero-order valence-electron chi connectivity index (χ0n) is 19.6. The Bertz CT molecular complexity index is 1030. The molecule has 2 aliphatic rings. The molecule has 1 aliphatic carbocycles. The molecule has 34 heavy (non-hydrogen) atoms. The van der Waals surface area contributed by atoms with Crippen molar-refractivity contribution < 1.29 is 19.2 Å². The van der Waals surface area contributed by atoms with Gasteiger partial charge in [-0.3, -0.25) is 14.9 Å². The van der Waals surface area contributed by atoms with Gasteiger partial charge in [0.2, 0.25) is 5.79 Å². The minimum absolute atomic E-state index is 0.0164. The van der Waals surface area contributed by atoms with Gasteiger partial charge in [0.15, 0.2) is 5.82 Å². The lowest BCUT2D eigenvalue weighted by atomic mass is 9.73. The van der Waals surface area contributed by atoms with Crippen LogP contribution in [0.4, 0.5) is 0 Å². The summed E-state index contributed by atoms with van der Waals surface area (Å²) >= 11 is 0. The summed E-state index contributed by atoms with van der Waals surface area (Å²) in [5.41, 5.74) is 1.92. The van der Waals surface area contributed by atoms with Gasteiger partial charge in [0, 0.05) is 39.1 Å². The van der Waals surface area contributed by atoms with Gasteiger partial charge in [-0.05, 0) is 25.0 Å². The van der Waals surface area contributed by atoms with E-state index in [2.05, 4.69) is 5.32 Å². The number of carbonyl (C=O) groups excluding carboxylic acids is 1. The van der Waals surface area contributed by atoms with E-state index in [9.17, 15) is 14.9 Å². The molecule has 4 rings (SSSR count). The third-order valence-electron chi connectivity index (χ3n) is 6.47. The molecule has 180 valence electrons. The zero-order chi connectivity index (χ0) is 24.1. The second kappa shape index (κ2) is 10.4. The van der Waals surface area contributed by atoms with Crippen LogP contribution in [-0.4, -0.2) is 40.6 Å². The maximum Gasteiger partial charge on any atom is 0.294 e. The highest BCUT2D eigenvalue weighted by Gasteiger charge is 2.63. The summed E-state index contributed by atoms with van der Waals surface area (Å²) in [4.78, 5) is 26.9. The molecule has 0 amide bonds. The van der Waals surface area contributed by atoms with Gasteiger partial charge in [-0.25, -0.2) is 0 Å². The molecule has 1 heterocycles. The first kappa shape index (κ1) is 23.9. The fraction of sp³-hybridized carbons (Fsp3) is 0.423. The molecule has 1 aliphatic heterocycles. The van der Waals surface area contributed by atoms with Crippen LogP contribution in [0.1, 0.15) is 37.8 Å². The Labute approximate surface area is 199 Å². The topological polar surface area (TPSA) is 93.9 Å². The molecular weight excluding hydrogens is 434 g/mol. The molecule has 0 saturated heterocycles. The van der Waals surface area contributed by atoms with Crippen LogP contribution in [0.5, 0.6) is 0 Å². The lowest BCUT2D eigenvalue weighted by molar-refractivity contribution is -0.456. The smallest absolute Gasteiger partial charge is 0.294 e. The van der Waals surface area contributed by atoms with Crippen LogP contribution in [0.25, 0.3) is 0 Å². The summed E-state index contributed by atoms with van der Waals surface area (Å²) in [5.74, 6) is -1.68. The van der Waals surface area contributed by atoms with Crippen molar-refractivity contribution in [3.05, 3.63) is 93.4 Å². The number of rotatable bonds is 10. The maximum atomic E-state index is 12.8. The van der Waals surface area contributed by atoms with Crippen LogP contribution in [0, 0.1) is 16.0 Å². The van der Waals surface area contributed by atoms with E-state index in [0.29, 0.717) is 32.1 Å². The van der Waals surface area contributed by atoms with E-state index in [1.165, 1.54) is 0 Å². The van der Waals surface area contributed by atoms with Gasteiger partial charge in [0.05, 0.1) is 11.0 Å². The van der Waals surface area contributed by atoms with E-state index in [0.717, 1.165) is 11.1 Å². The third kappa shape index (κ3) is 4.56. The third-order valence-corrected chi connectivity index (χ3v) is 6.47. The van der Waals surface area contributed by atoms with E-state index in [1.807, 2.05) is 79.4 Å². The first-order chi connectivity index (χ1) is 16.5. The number of benzene rings is 2. The minimum atomic E-state index is -1.27. The molecule has 2 bridgehead atoms. The molecule has 1 N–H and O–H groups in total. The van der Waals surface area contributed by atoms with Gasteiger partial charge in [-0.2, -0.15) is 0 Å². The second-order valence-corrected chi connectivity index (χ2v) is 8.55. The van der Waals surface area contributed by atoms with Gasteiger partial charge < -0.3 is 19.7 Å². The van der Waals surface area contributed by atoms with Crippen LogP contribution in [-0.2, 0) is 27.4 Å². The van der Waals surface area contributed by atoms with Gasteiger partial charge in [0.1, 0.15) is 11.7 Å². The summed E-state index contributed by atoms with van der Waals surface area (Å²) < 4.78 is 12.4. The molecule has 1 saturated carbocycles. The Morgan fingerprint density at radius 2 is 1.59 bits per heavy atom. The quantitative estimate of drug-likeness (QED) is 0.324. The number of nitro groups is 1. The van der Waals surface area contributed by atoms with E-state index < -0.39 is 17.7 Å². The summed E-state index contributed by atoms with van der Waals surface area (Å²) in [6.07, 6.45) is 0.216. The molecule has 2 aromatic rings. The fourth-order valence-corrected chi connectivity index (χ4v) is 5.17. The molecule has 2 aromatic carbocycles. The summed E-state index contributed by atoms with van der Waals surface area (Å²) in [5, 5.41) is 15.9. The number of fused-ring (bicyclic) bond motifs is 2. The minimum Gasteiger partial charge on any atom is -0.362 e. The highest BCUT2D eigenvalue weighted by atomic mass is 16.7. The molecule has 2 unspecified atom stereocenters. The number of hydrogen-bond acceptors (Lipinski definition) is 7. The Kier molecular flexibility index (Phi) is 7.29. The average Bonchev–Trinajstić information content (AvgIpc) is 2.82. The van der Waals surface area contributed by atoms with Crippen molar-refractivity contribution in [1.82, 2.24) is 10.2 Å². The first-order valence-electron chi connectivity index (χ1n) is 11.8. The van der Waals surface area contributed by atoms with E-state index in [-0.39, 0.29) is 29.2 Å². The van der Waals surface area contributed by atoms with E-state index in [1.54, 1.807) is 0 Å². The lowest BCUT2D eigenvalue weighted by Gasteiger charge is -2.54. The molecule has 0 aromatic heterocycles. The normalized spacial score (nSPS) is 21.5. The predicted molar refractivity (Wildman–Crippen MR) is 127 cm³/mol. The van der Waals surface area contributed by atoms with Gasteiger partial charge >= 0.3 is 0 Å². The van der Waals surface area contributed by atoms with Crippen LogP contribution in [0.3, 0.4) is 0 Å². The van der Waals surface area contributed by atoms with Crippen molar-refractivity contribution in [2.45, 2.75) is 51.6 Å². The number of carbonyl (C=O) groups is 1. The molecule has 0 radical (unpaired) electrons. The Morgan fingerprint density at radius 1 is 1.00 bits per heavy atom. The average molecular weight is 466 g/mol. The van der Waals surface area contributed by atoms with Crippen LogP contribution >= 0.6 is 0 Å². The van der Waals surface area contributed by atoms with Crippen molar-refractivity contribution >= 4 is 5.78 Å². The number of ketones is 1. The van der Waals surface area contributed by atoms with Crippen LogP contribution in [0.2, 0.25) is 0 Å². The Morgan fingerprint density at radius 3 is 2.15 bits per heavy atom. The Balaban J connectivity index is 1.86. The molecular formula is C26H31N3O5. The van der Waals surface area contributed by atoms with E-state index in [4.69, 9.17) is 9.47 Å². The van der Waals surface area contributed by atoms with Crippen molar-refractivity contribution in [1.29, 1.82) is 0 Å². The Hall–Kier alpha value is -3.23.